The molecule has 7 heteroatoms. The van der Waals surface area contributed by atoms with Crippen molar-refractivity contribution in [1.29, 1.82) is 0 Å². The van der Waals surface area contributed by atoms with Gasteiger partial charge in [0.25, 0.3) is 5.56 Å². The third-order valence-electron chi connectivity index (χ3n) is 3.79. The van der Waals surface area contributed by atoms with Crippen molar-refractivity contribution < 1.29 is 14.6 Å². The van der Waals surface area contributed by atoms with Crippen LogP contribution in [0, 0.1) is 0 Å². The maximum atomic E-state index is 12.2. The first-order valence-corrected chi connectivity index (χ1v) is 8.45. The van der Waals surface area contributed by atoms with E-state index >= 15 is 0 Å². The van der Waals surface area contributed by atoms with E-state index in [0.717, 1.165) is 5.56 Å². The zero-order valence-corrected chi connectivity index (χ0v) is 14.8. The molecular weight excluding hydrogens is 346 g/mol. The number of phenols is 1. The van der Waals surface area contributed by atoms with Crippen molar-refractivity contribution in [3.8, 4) is 17.0 Å². The van der Waals surface area contributed by atoms with Gasteiger partial charge in [-0.25, -0.2) is 9.48 Å². The SMILES string of the molecule is CCOC(=O)Nc1cccc(Cn2nc(-c3cccc(O)c3)ccc2=O)c1. The second-order valence-corrected chi connectivity index (χ2v) is 5.81. The zero-order valence-electron chi connectivity index (χ0n) is 14.8. The molecule has 0 saturated heterocycles. The van der Waals surface area contributed by atoms with Crippen LogP contribution in [0.15, 0.2) is 65.5 Å². The number of benzene rings is 2. The molecule has 0 fully saturated rings. The van der Waals surface area contributed by atoms with Crippen LogP contribution in [-0.4, -0.2) is 27.6 Å². The number of nitrogens with zero attached hydrogens (tertiary/aromatic N) is 2. The van der Waals surface area contributed by atoms with Gasteiger partial charge in [-0.1, -0.05) is 24.3 Å². The number of rotatable bonds is 5. The van der Waals surface area contributed by atoms with Crippen molar-refractivity contribution in [2.45, 2.75) is 13.5 Å². The van der Waals surface area contributed by atoms with E-state index in [2.05, 4.69) is 10.4 Å². The molecule has 0 atom stereocenters. The molecule has 1 heterocycles. The molecule has 0 unspecified atom stereocenters. The van der Waals surface area contributed by atoms with Gasteiger partial charge in [-0.05, 0) is 42.8 Å². The summed E-state index contributed by atoms with van der Waals surface area (Å²) in [6.45, 7) is 2.25. The highest BCUT2D eigenvalue weighted by molar-refractivity contribution is 5.84. The summed E-state index contributed by atoms with van der Waals surface area (Å²) < 4.78 is 6.20. The zero-order chi connectivity index (χ0) is 19.2. The molecule has 7 nitrogen and oxygen atoms in total. The minimum atomic E-state index is -0.532. The second-order valence-electron chi connectivity index (χ2n) is 5.81. The number of anilines is 1. The average Bonchev–Trinajstić information content (AvgIpc) is 2.64. The van der Waals surface area contributed by atoms with Crippen molar-refractivity contribution in [1.82, 2.24) is 9.78 Å². The molecule has 0 aliphatic rings. The van der Waals surface area contributed by atoms with Crippen molar-refractivity contribution in [3.05, 3.63) is 76.6 Å². The Morgan fingerprint density at radius 1 is 1.15 bits per heavy atom. The molecule has 0 aliphatic heterocycles. The normalized spacial score (nSPS) is 10.4. The van der Waals surface area contributed by atoms with Crippen LogP contribution in [0.2, 0.25) is 0 Å². The van der Waals surface area contributed by atoms with Crippen LogP contribution in [0.3, 0.4) is 0 Å². The maximum Gasteiger partial charge on any atom is 0.411 e. The number of hydrogen-bond donors (Lipinski definition) is 2. The van der Waals surface area contributed by atoms with Gasteiger partial charge in [0.1, 0.15) is 5.75 Å². The van der Waals surface area contributed by atoms with Crippen LogP contribution >= 0.6 is 0 Å². The lowest BCUT2D eigenvalue weighted by molar-refractivity contribution is 0.168. The van der Waals surface area contributed by atoms with Gasteiger partial charge in [0.15, 0.2) is 0 Å². The average molecular weight is 365 g/mol. The molecule has 2 N–H and O–H groups in total. The van der Waals surface area contributed by atoms with Gasteiger partial charge in [0.05, 0.1) is 18.8 Å². The fraction of sp³-hybridized carbons (Fsp3) is 0.150. The van der Waals surface area contributed by atoms with Crippen molar-refractivity contribution in [3.63, 3.8) is 0 Å². The summed E-state index contributed by atoms with van der Waals surface area (Å²) in [6, 6.07) is 16.8. The maximum absolute atomic E-state index is 12.2. The first kappa shape index (κ1) is 18.2. The summed E-state index contributed by atoms with van der Waals surface area (Å²) in [5, 5.41) is 16.6. The molecule has 1 amide bonds. The smallest absolute Gasteiger partial charge is 0.411 e. The van der Waals surface area contributed by atoms with E-state index in [1.54, 1.807) is 55.5 Å². The fourth-order valence-corrected chi connectivity index (χ4v) is 2.59. The van der Waals surface area contributed by atoms with E-state index in [4.69, 9.17) is 4.74 Å². The number of carbonyl (C=O) groups excluding carboxylic acids is 1. The Labute approximate surface area is 155 Å². The van der Waals surface area contributed by atoms with Gasteiger partial charge >= 0.3 is 6.09 Å². The third-order valence-corrected chi connectivity index (χ3v) is 3.79. The van der Waals surface area contributed by atoms with E-state index in [9.17, 15) is 14.7 Å². The van der Waals surface area contributed by atoms with Gasteiger partial charge in [-0.3, -0.25) is 10.1 Å². The summed E-state index contributed by atoms with van der Waals surface area (Å²) in [5.41, 5.74) is 2.41. The Balaban J connectivity index is 1.84. The van der Waals surface area contributed by atoms with Crippen LogP contribution in [0.25, 0.3) is 11.3 Å². The lowest BCUT2D eigenvalue weighted by Crippen LogP contribution is -2.23. The van der Waals surface area contributed by atoms with Crippen LogP contribution in [0.5, 0.6) is 5.75 Å². The summed E-state index contributed by atoms with van der Waals surface area (Å²) in [5.74, 6) is 0.129. The minimum absolute atomic E-state index is 0.129. The number of aromatic hydroxyl groups is 1. The molecule has 3 rings (SSSR count). The van der Waals surface area contributed by atoms with E-state index < -0.39 is 6.09 Å². The van der Waals surface area contributed by atoms with E-state index in [0.29, 0.717) is 16.9 Å². The van der Waals surface area contributed by atoms with Gasteiger partial charge in [0.2, 0.25) is 0 Å². The van der Waals surface area contributed by atoms with E-state index in [1.807, 2.05) is 6.07 Å². The van der Waals surface area contributed by atoms with Crippen molar-refractivity contribution >= 4 is 11.8 Å². The molecule has 1 aromatic heterocycles. The number of amides is 1. The summed E-state index contributed by atoms with van der Waals surface area (Å²) >= 11 is 0. The van der Waals surface area contributed by atoms with Crippen LogP contribution in [-0.2, 0) is 11.3 Å². The molecule has 138 valence electrons. The minimum Gasteiger partial charge on any atom is -0.508 e. The predicted octanol–water partition coefficient (Wildman–Crippen LogP) is 3.23. The Bertz CT molecular complexity index is 1010. The second kappa shape index (κ2) is 8.18. The lowest BCUT2D eigenvalue weighted by atomic mass is 10.1. The van der Waals surface area contributed by atoms with Crippen molar-refractivity contribution in [2.75, 3.05) is 11.9 Å². The Hall–Kier alpha value is -3.61. The van der Waals surface area contributed by atoms with Crippen molar-refractivity contribution in [2.24, 2.45) is 0 Å². The predicted molar refractivity (Wildman–Crippen MR) is 102 cm³/mol. The van der Waals surface area contributed by atoms with Crippen LogP contribution in [0.4, 0.5) is 10.5 Å². The van der Waals surface area contributed by atoms with Crippen LogP contribution < -0.4 is 10.9 Å². The van der Waals surface area contributed by atoms with E-state index in [1.165, 1.54) is 10.7 Å². The highest BCUT2D eigenvalue weighted by Gasteiger charge is 2.07. The summed E-state index contributed by atoms with van der Waals surface area (Å²) in [4.78, 5) is 23.7. The molecule has 0 radical (unpaired) electrons. The number of phenolic OH excluding ortho intramolecular Hbond substituents is 1. The quantitative estimate of drug-likeness (QED) is 0.724. The largest absolute Gasteiger partial charge is 0.508 e. The Kier molecular flexibility index (Phi) is 5.51. The third kappa shape index (κ3) is 4.72. The molecule has 27 heavy (non-hydrogen) atoms. The number of ether oxygens (including phenoxy) is 1. The van der Waals surface area contributed by atoms with Gasteiger partial charge in [-0.2, -0.15) is 5.10 Å². The molecule has 0 spiro atoms. The van der Waals surface area contributed by atoms with Crippen LogP contribution in [0.1, 0.15) is 12.5 Å². The van der Waals surface area contributed by atoms with Gasteiger partial charge in [0, 0.05) is 17.3 Å². The van der Waals surface area contributed by atoms with Gasteiger partial charge < -0.3 is 9.84 Å². The summed E-state index contributed by atoms with van der Waals surface area (Å²) in [6.07, 6.45) is -0.532. The monoisotopic (exact) mass is 365 g/mol. The molecule has 3 aromatic rings. The Morgan fingerprint density at radius 2 is 1.96 bits per heavy atom. The standard InChI is InChI=1S/C20H19N3O4/c1-2-27-20(26)21-16-7-3-5-14(11-16)13-23-19(25)10-9-18(22-23)15-6-4-8-17(24)12-15/h3-12,24H,2,13H2,1H3,(H,21,26). The highest BCUT2D eigenvalue weighted by Crippen LogP contribution is 2.20. The number of carbonyl (C=O) groups is 1. The van der Waals surface area contributed by atoms with E-state index in [-0.39, 0.29) is 24.5 Å². The summed E-state index contributed by atoms with van der Waals surface area (Å²) in [7, 11) is 0. The molecule has 2 aromatic carbocycles. The van der Waals surface area contributed by atoms with Gasteiger partial charge in [-0.15, -0.1) is 0 Å². The number of nitrogens with one attached hydrogen (secondary N) is 1. The Morgan fingerprint density at radius 3 is 2.74 bits per heavy atom. The first-order valence-electron chi connectivity index (χ1n) is 8.45. The number of hydrogen-bond acceptors (Lipinski definition) is 5. The lowest BCUT2D eigenvalue weighted by Gasteiger charge is -2.10. The highest BCUT2D eigenvalue weighted by atomic mass is 16.5. The number of aromatic nitrogens is 2. The molecule has 0 bridgehead atoms. The molecule has 0 saturated carbocycles. The fourth-order valence-electron chi connectivity index (χ4n) is 2.59. The topological polar surface area (TPSA) is 93.4 Å². The first-order chi connectivity index (χ1) is 13.0. The molecule has 0 aliphatic carbocycles. The molecular formula is C20H19N3O4.